The smallest absolute Gasteiger partial charge is 0.244 e. The van der Waals surface area contributed by atoms with Gasteiger partial charge in [-0.1, -0.05) is 18.2 Å². The molecule has 1 heterocycles. The number of carbonyl (C=O) groups excluding carboxylic acids is 2. The van der Waals surface area contributed by atoms with Crippen LogP contribution in [0.5, 0.6) is 5.75 Å². The number of amides is 1. The quantitative estimate of drug-likeness (QED) is 0.427. The Balaban J connectivity index is 1.76. The lowest BCUT2D eigenvalue weighted by Gasteiger charge is -2.14. The Bertz CT molecular complexity index is 1490. The van der Waals surface area contributed by atoms with Gasteiger partial charge in [-0.3, -0.25) is 14.4 Å². The third-order valence-electron chi connectivity index (χ3n) is 5.72. The first-order valence-electron chi connectivity index (χ1n) is 10.7. The van der Waals surface area contributed by atoms with Gasteiger partial charge >= 0.3 is 0 Å². The molecule has 1 N–H and O–H groups in total. The molecule has 1 amide bonds. The highest BCUT2D eigenvalue weighted by Gasteiger charge is 2.19. The van der Waals surface area contributed by atoms with Crippen molar-refractivity contribution in [1.29, 1.82) is 0 Å². The van der Waals surface area contributed by atoms with E-state index in [0.717, 1.165) is 17.2 Å². The number of hydrogen-bond acceptors (Lipinski definition) is 4. The van der Waals surface area contributed by atoms with Crippen LogP contribution in [0.1, 0.15) is 27.0 Å². The summed E-state index contributed by atoms with van der Waals surface area (Å²) in [5.74, 6) is -0.885. The Labute approximate surface area is 195 Å². The number of halogens is 1. The van der Waals surface area contributed by atoms with Gasteiger partial charge in [-0.15, -0.1) is 0 Å². The van der Waals surface area contributed by atoms with Crippen molar-refractivity contribution in [2.24, 2.45) is 0 Å². The first kappa shape index (κ1) is 22.9. The van der Waals surface area contributed by atoms with Crippen LogP contribution < -0.4 is 15.5 Å². The van der Waals surface area contributed by atoms with Gasteiger partial charge in [-0.2, -0.15) is 0 Å². The number of nitrogens with zero attached hydrogens (tertiary/aromatic N) is 1. The number of nitrogens with one attached hydrogen (secondary N) is 1. The van der Waals surface area contributed by atoms with Crippen molar-refractivity contribution in [1.82, 2.24) is 4.57 Å². The maximum Gasteiger partial charge on any atom is 0.244 e. The molecule has 34 heavy (non-hydrogen) atoms. The van der Waals surface area contributed by atoms with Crippen LogP contribution in [0.3, 0.4) is 0 Å². The van der Waals surface area contributed by atoms with Crippen molar-refractivity contribution in [3.05, 3.63) is 105 Å². The fourth-order valence-corrected chi connectivity index (χ4v) is 3.76. The molecule has 0 saturated heterocycles. The lowest BCUT2D eigenvalue weighted by molar-refractivity contribution is -0.116. The van der Waals surface area contributed by atoms with Crippen LogP contribution in [-0.4, -0.2) is 23.4 Å². The van der Waals surface area contributed by atoms with Crippen LogP contribution in [-0.2, 0) is 11.3 Å². The predicted molar refractivity (Wildman–Crippen MR) is 129 cm³/mol. The normalized spacial score (nSPS) is 10.8. The average molecular weight is 458 g/mol. The van der Waals surface area contributed by atoms with E-state index in [1.165, 1.54) is 30.0 Å². The van der Waals surface area contributed by atoms with Crippen molar-refractivity contribution < 1.29 is 18.7 Å². The molecule has 4 rings (SSSR count). The predicted octanol–water partition coefficient (Wildman–Crippen LogP) is 4.64. The molecule has 3 aromatic carbocycles. The highest BCUT2D eigenvalue weighted by Crippen LogP contribution is 2.19. The second-order valence-electron chi connectivity index (χ2n) is 8.07. The summed E-state index contributed by atoms with van der Waals surface area (Å²) < 4.78 is 20.7. The van der Waals surface area contributed by atoms with E-state index in [9.17, 15) is 18.8 Å². The van der Waals surface area contributed by atoms with Gasteiger partial charge in [-0.05, 0) is 61.4 Å². The summed E-state index contributed by atoms with van der Waals surface area (Å²) in [5, 5.41) is 2.80. The van der Waals surface area contributed by atoms with E-state index in [2.05, 4.69) is 5.32 Å². The number of hydrogen-bond donors (Lipinski definition) is 1. The molecular formula is C27H23FN2O4. The molecule has 0 unspecified atom stereocenters. The SMILES string of the molecule is COc1cccc(NC(=O)Cn2cc(C(=O)c3ccc(C)c(C)c3)c(=O)c3cc(F)ccc32)c1. The van der Waals surface area contributed by atoms with Gasteiger partial charge in [-0.25, -0.2) is 4.39 Å². The summed E-state index contributed by atoms with van der Waals surface area (Å²) >= 11 is 0. The molecule has 0 saturated carbocycles. The van der Waals surface area contributed by atoms with Crippen LogP contribution in [0.15, 0.2) is 71.7 Å². The molecule has 4 aromatic rings. The van der Waals surface area contributed by atoms with Gasteiger partial charge in [0.05, 0.1) is 18.2 Å². The minimum absolute atomic E-state index is 0.0314. The third-order valence-corrected chi connectivity index (χ3v) is 5.72. The topological polar surface area (TPSA) is 77.4 Å². The first-order valence-corrected chi connectivity index (χ1v) is 10.7. The van der Waals surface area contributed by atoms with E-state index < -0.39 is 17.0 Å². The number of carbonyl (C=O) groups is 2. The number of ketones is 1. The van der Waals surface area contributed by atoms with Gasteiger partial charge in [0, 0.05) is 28.9 Å². The molecule has 0 spiro atoms. The standard InChI is InChI=1S/C27H23FN2O4/c1-16-7-8-18(11-17(16)2)26(32)23-14-30(24-10-9-19(28)12-22(24)27(23)33)15-25(31)29-20-5-4-6-21(13-20)34-3/h4-14H,15H2,1-3H3,(H,29,31). The molecule has 172 valence electrons. The summed E-state index contributed by atoms with van der Waals surface area (Å²) in [5.41, 5.74) is 2.46. The number of pyridine rings is 1. The molecule has 0 bridgehead atoms. The van der Waals surface area contributed by atoms with Gasteiger partial charge < -0.3 is 14.6 Å². The van der Waals surface area contributed by atoms with Gasteiger partial charge in [0.25, 0.3) is 0 Å². The number of aromatic nitrogens is 1. The minimum Gasteiger partial charge on any atom is -0.497 e. The van der Waals surface area contributed by atoms with Crippen molar-refractivity contribution in [3.8, 4) is 5.75 Å². The average Bonchev–Trinajstić information content (AvgIpc) is 2.82. The molecule has 0 fully saturated rings. The maximum atomic E-state index is 14.0. The molecule has 0 aliphatic rings. The van der Waals surface area contributed by atoms with Crippen LogP contribution in [0, 0.1) is 19.7 Å². The zero-order valence-electron chi connectivity index (χ0n) is 19.0. The Hall–Kier alpha value is -4.26. The number of rotatable bonds is 6. The zero-order valence-corrected chi connectivity index (χ0v) is 19.0. The summed E-state index contributed by atoms with van der Waals surface area (Å²) in [6.07, 6.45) is 1.37. The number of anilines is 1. The van der Waals surface area contributed by atoms with Crippen molar-refractivity contribution in [2.45, 2.75) is 20.4 Å². The largest absolute Gasteiger partial charge is 0.497 e. The van der Waals surface area contributed by atoms with E-state index in [-0.39, 0.29) is 23.4 Å². The lowest BCUT2D eigenvalue weighted by Crippen LogP contribution is -2.24. The van der Waals surface area contributed by atoms with Crippen LogP contribution in [0.2, 0.25) is 0 Å². The van der Waals surface area contributed by atoms with Crippen molar-refractivity contribution in [3.63, 3.8) is 0 Å². The molecule has 0 radical (unpaired) electrons. The van der Waals surface area contributed by atoms with Crippen molar-refractivity contribution >= 4 is 28.3 Å². The Morgan fingerprint density at radius 1 is 1.00 bits per heavy atom. The van der Waals surface area contributed by atoms with Crippen LogP contribution in [0.4, 0.5) is 10.1 Å². The van der Waals surface area contributed by atoms with E-state index in [1.807, 2.05) is 19.9 Å². The van der Waals surface area contributed by atoms with Crippen LogP contribution in [0.25, 0.3) is 10.9 Å². The Morgan fingerprint density at radius 2 is 1.79 bits per heavy atom. The van der Waals surface area contributed by atoms with Gasteiger partial charge in [0.1, 0.15) is 18.1 Å². The lowest BCUT2D eigenvalue weighted by atomic mass is 9.99. The number of benzene rings is 3. The Morgan fingerprint density at radius 3 is 2.53 bits per heavy atom. The molecule has 6 nitrogen and oxygen atoms in total. The number of aryl methyl sites for hydroxylation is 2. The second kappa shape index (κ2) is 9.31. The van der Waals surface area contributed by atoms with E-state index >= 15 is 0 Å². The first-order chi connectivity index (χ1) is 16.3. The number of fused-ring (bicyclic) bond motifs is 1. The summed E-state index contributed by atoms with van der Waals surface area (Å²) in [7, 11) is 1.53. The molecule has 1 aromatic heterocycles. The third kappa shape index (κ3) is 4.59. The molecule has 0 atom stereocenters. The molecule has 0 aliphatic carbocycles. The highest BCUT2D eigenvalue weighted by molar-refractivity contribution is 6.10. The van der Waals surface area contributed by atoms with E-state index in [0.29, 0.717) is 22.5 Å². The summed E-state index contributed by atoms with van der Waals surface area (Å²) in [4.78, 5) is 39.2. The number of methoxy groups -OCH3 is 1. The fourth-order valence-electron chi connectivity index (χ4n) is 3.76. The summed E-state index contributed by atoms with van der Waals surface area (Å²) in [6, 6.07) is 15.8. The van der Waals surface area contributed by atoms with Crippen molar-refractivity contribution in [2.75, 3.05) is 12.4 Å². The van der Waals surface area contributed by atoms with E-state index in [4.69, 9.17) is 4.74 Å². The van der Waals surface area contributed by atoms with Gasteiger partial charge in [0.15, 0.2) is 5.78 Å². The van der Waals surface area contributed by atoms with E-state index in [1.54, 1.807) is 36.4 Å². The molecule has 0 aliphatic heterocycles. The monoisotopic (exact) mass is 458 g/mol. The minimum atomic E-state index is -0.604. The maximum absolute atomic E-state index is 14.0. The van der Waals surface area contributed by atoms with Crippen LogP contribution >= 0.6 is 0 Å². The molecular weight excluding hydrogens is 435 g/mol. The fraction of sp³-hybridized carbons (Fsp3) is 0.148. The second-order valence-corrected chi connectivity index (χ2v) is 8.07. The highest BCUT2D eigenvalue weighted by atomic mass is 19.1. The summed E-state index contributed by atoms with van der Waals surface area (Å²) in [6.45, 7) is 3.62. The Kier molecular flexibility index (Phi) is 6.27. The van der Waals surface area contributed by atoms with Gasteiger partial charge in [0.2, 0.25) is 11.3 Å². The zero-order chi connectivity index (χ0) is 24.4. The number of ether oxygens (including phenoxy) is 1. The molecule has 7 heteroatoms.